The average molecular weight is 363 g/mol. The van der Waals surface area contributed by atoms with Crippen molar-refractivity contribution in [3.8, 4) is 11.3 Å². The molecule has 25 heavy (non-hydrogen) atoms. The quantitative estimate of drug-likeness (QED) is 0.327. The summed E-state index contributed by atoms with van der Waals surface area (Å²) in [5.41, 5.74) is 4.90. The largest absolute Gasteiger partial charge is 0.292 e. The van der Waals surface area contributed by atoms with Gasteiger partial charge in [-0.05, 0) is 29.1 Å². The van der Waals surface area contributed by atoms with E-state index >= 15 is 0 Å². The van der Waals surface area contributed by atoms with Gasteiger partial charge in [-0.2, -0.15) is 0 Å². The van der Waals surface area contributed by atoms with Crippen LogP contribution in [-0.4, -0.2) is 9.38 Å². The molecule has 0 N–H and O–H groups in total. The molecule has 0 saturated heterocycles. The highest BCUT2D eigenvalue weighted by atomic mass is 35.5. The minimum absolute atomic E-state index is 0.517. The molecule has 2 nitrogen and oxygen atoms in total. The van der Waals surface area contributed by atoms with E-state index in [1.165, 1.54) is 0 Å². The first-order chi connectivity index (χ1) is 12.2. The SMILES string of the molecule is Clc1cc2nc3c4ccccc4cc(-c4ccccc4)n3c2cc1Cl. The van der Waals surface area contributed by atoms with Gasteiger partial charge in [-0.1, -0.05) is 77.8 Å². The van der Waals surface area contributed by atoms with Crippen LogP contribution in [0.2, 0.25) is 10.0 Å². The lowest BCUT2D eigenvalue weighted by molar-refractivity contribution is 1.25. The normalized spacial score (nSPS) is 11.6. The van der Waals surface area contributed by atoms with E-state index in [1.54, 1.807) is 0 Å². The van der Waals surface area contributed by atoms with Crippen molar-refractivity contribution < 1.29 is 0 Å². The topological polar surface area (TPSA) is 17.3 Å². The summed E-state index contributed by atoms with van der Waals surface area (Å²) in [6, 6.07) is 24.5. The third-order valence-electron chi connectivity index (χ3n) is 4.50. The Labute approximate surface area is 154 Å². The summed E-state index contributed by atoms with van der Waals surface area (Å²) < 4.78 is 2.16. The van der Waals surface area contributed by atoms with Gasteiger partial charge in [0.1, 0.15) is 5.65 Å². The van der Waals surface area contributed by atoms with Gasteiger partial charge < -0.3 is 0 Å². The summed E-state index contributed by atoms with van der Waals surface area (Å²) in [6.45, 7) is 0. The number of halogens is 2. The van der Waals surface area contributed by atoms with Crippen LogP contribution in [0.5, 0.6) is 0 Å². The van der Waals surface area contributed by atoms with Gasteiger partial charge in [-0.25, -0.2) is 4.98 Å². The second-order valence-corrected chi connectivity index (χ2v) is 6.82. The van der Waals surface area contributed by atoms with E-state index in [9.17, 15) is 0 Å². The maximum absolute atomic E-state index is 6.29. The molecule has 0 bridgehead atoms. The molecule has 0 spiro atoms. The van der Waals surface area contributed by atoms with Crippen LogP contribution in [0.4, 0.5) is 0 Å². The van der Waals surface area contributed by atoms with E-state index in [4.69, 9.17) is 28.2 Å². The lowest BCUT2D eigenvalue weighted by Crippen LogP contribution is -1.93. The maximum atomic E-state index is 6.29. The van der Waals surface area contributed by atoms with Crippen LogP contribution >= 0.6 is 23.2 Å². The Morgan fingerprint density at radius 1 is 0.760 bits per heavy atom. The van der Waals surface area contributed by atoms with E-state index in [0.717, 1.165) is 38.7 Å². The van der Waals surface area contributed by atoms with Crippen LogP contribution in [0.25, 0.3) is 38.7 Å². The van der Waals surface area contributed by atoms with Gasteiger partial charge in [0.05, 0.1) is 26.8 Å². The summed E-state index contributed by atoms with van der Waals surface area (Å²) >= 11 is 12.5. The number of hydrogen-bond acceptors (Lipinski definition) is 1. The van der Waals surface area contributed by atoms with Crippen molar-refractivity contribution >= 4 is 50.7 Å². The van der Waals surface area contributed by atoms with Gasteiger partial charge >= 0.3 is 0 Å². The number of rotatable bonds is 1. The lowest BCUT2D eigenvalue weighted by atomic mass is 10.1. The first-order valence-electron chi connectivity index (χ1n) is 7.97. The van der Waals surface area contributed by atoms with E-state index < -0.39 is 0 Å². The molecule has 0 aliphatic carbocycles. The van der Waals surface area contributed by atoms with E-state index in [0.29, 0.717) is 10.0 Å². The molecule has 0 radical (unpaired) electrons. The van der Waals surface area contributed by atoms with Crippen LogP contribution in [0.1, 0.15) is 0 Å². The van der Waals surface area contributed by atoms with Crippen molar-refractivity contribution in [2.45, 2.75) is 0 Å². The number of pyridine rings is 1. The number of fused-ring (bicyclic) bond motifs is 5. The van der Waals surface area contributed by atoms with Crippen molar-refractivity contribution in [2.75, 3.05) is 0 Å². The Balaban J connectivity index is 2.05. The Morgan fingerprint density at radius 2 is 1.48 bits per heavy atom. The van der Waals surface area contributed by atoms with Crippen LogP contribution in [0.15, 0.2) is 72.8 Å². The predicted octanol–water partition coefficient (Wildman–Crippen LogP) is 6.61. The number of hydrogen-bond donors (Lipinski definition) is 0. The zero-order chi connectivity index (χ0) is 17.0. The van der Waals surface area contributed by atoms with E-state index in [2.05, 4.69) is 34.7 Å². The van der Waals surface area contributed by atoms with Gasteiger partial charge in [0.25, 0.3) is 0 Å². The average Bonchev–Trinajstić information content (AvgIpc) is 3.01. The number of imidazole rings is 1. The first kappa shape index (κ1) is 14.8. The minimum atomic E-state index is 0.517. The fraction of sp³-hybridized carbons (Fsp3) is 0. The fourth-order valence-electron chi connectivity index (χ4n) is 3.36. The number of aromatic nitrogens is 2. The zero-order valence-electron chi connectivity index (χ0n) is 13.1. The summed E-state index contributed by atoms with van der Waals surface area (Å²) in [7, 11) is 0. The highest BCUT2D eigenvalue weighted by Gasteiger charge is 2.15. The third-order valence-corrected chi connectivity index (χ3v) is 5.22. The molecule has 0 atom stereocenters. The van der Waals surface area contributed by atoms with Crippen LogP contribution < -0.4 is 0 Å². The molecule has 0 saturated carbocycles. The van der Waals surface area contributed by atoms with Gasteiger partial charge in [0.15, 0.2) is 0 Å². The predicted molar refractivity (Wildman–Crippen MR) is 106 cm³/mol. The first-order valence-corrected chi connectivity index (χ1v) is 8.72. The van der Waals surface area contributed by atoms with E-state index in [1.807, 2.05) is 42.5 Å². The monoisotopic (exact) mass is 362 g/mol. The molecule has 5 aromatic rings. The zero-order valence-corrected chi connectivity index (χ0v) is 14.6. The molecular weight excluding hydrogens is 351 g/mol. The van der Waals surface area contributed by atoms with Gasteiger partial charge in [0.2, 0.25) is 0 Å². The lowest BCUT2D eigenvalue weighted by Gasteiger charge is -2.10. The molecule has 2 aromatic heterocycles. The van der Waals surface area contributed by atoms with Gasteiger partial charge in [-0.3, -0.25) is 4.40 Å². The second kappa shape index (κ2) is 5.48. The summed E-state index contributed by atoms with van der Waals surface area (Å²) in [4.78, 5) is 4.85. The molecule has 5 rings (SSSR count). The van der Waals surface area contributed by atoms with Crippen molar-refractivity contribution in [2.24, 2.45) is 0 Å². The standard InChI is InChI=1S/C21H12Cl2N2/c22-16-11-18-20(12-17(16)23)25-19(13-6-2-1-3-7-13)10-14-8-4-5-9-15(14)21(25)24-18/h1-12H. The molecule has 120 valence electrons. The highest BCUT2D eigenvalue weighted by molar-refractivity contribution is 6.42. The molecule has 4 heteroatoms. The Hall–Kier alpha value is -2.55. The summed E-state index contributed by atoms with van der Waals surface area (Å²) in [6.07, 6.45) is 0. The Morgan fingerprint density at radius 3 is 2.32 bits per heavy atom. The summed E-state index contributed by atoms with van der Waals surface area (Å²) in [5.74, 6) is 0. The van der Waals surface area contributed by atoms with Crippen LogP contribution in [0.3, 0.4) is 0 Å². The van der Waals surface area contributed by atoms with Crippen molar-refractivity contribution in [1.82, 2.24) is 9.38 Å². The van der Waals surface area contributed by atoms with Crippen molar-refractivity contribution in [3.63, 3.8) is 0 Å². The second-order valence-electron chi connectivity index (χ2n) is 6.01. The molecule has 0 unspecified atom stereocenters. The Kier molecular flexibility index (Phi) is 3.24. The molecule has 0 fully saturated rings. The number of benzene rings is 3. The Bertz CT molecular complexity index is 1260. The highest BCUT2D eigenvalue weighted by Crippen LogP contribution is 2.34. The molecular formula is C21H12Cl2N2. The maximum Gasteiger partial charge on any atom is 0.146 e. The smallest absolute Gasteiger partial charge is 0.146 e. The van der Waals surface area contributed by atoms with Gasteiger partial charge in [0, 0.05) is 5.39 Å². The van der Waals surface area contributed by atoms with Crippen LogP contribution in [0, 0.1) is 0 Å². The third kappa shape index (κ3) is 2.22. The van der Waals surface area contributed by atoms with Crippen molar-refractivity contribution in [3.05, 3.63) is 82.8 Å². The van der Waals surface area contributed by atoms with E-state index in [-0.39, 0.29) is 0 Å². The molecule has 0 aliphatic rings. The summed E-state index contributed by atoms with van der Waals surface area (Å²) in [5, 5.41) is 3.30. The molecule has 3 aromatic carbocycles. The number of nitrogens with zero attached hydrogens (tertiary/aromatic N) is 2. The fourth-order valence-corrected chi connectivity index (χ4v) is 3.67. The van der Waals surface area contributed by atoms with Crippen LogP contribution in [-0.2, 0) is 0 Å². The minimum Gasteiger partial charge on any atom is -0.292 e. The van der Waals surface area contributed by atoms with Gasteiger partial charge in [-0.15, -0.1) is 0 Å². The molecule has 0 amide bonds. The van der Waals surface area contributed by atoms with Crippen molar-refractivity contribution in [1.29, 1.82) is 0 Å². The molecule has 0 aliphatic heterocycles. The molecule has 2 heterocycles.